The Kier molecular flexibility index (Phi) is 2.84. The minimum Gasteiger partial charge on any atom is -0.350 e. The molecule has 0 aliphatic heterocycles. The van der Waals surface area contributed by atoms with E-state index in [1.807, 2.05) is 12.1 Å². The van der Waals surface area contributed by atoms with Gasteiger partial charge in [0, 0.05) is 34.8 Å². The van der Waals surface area contributed by atoms with Crippen LogP contribution < -0.4 is 4.72 Å². The summed E-state index contributed by atoms with van der Waals surface area (Å²) in [4.78, 5) is 11.7. The summed E-state index contributed by atoms with van der Waals surface area (Å²) in [5.74, 6) is -0.739. The maximum absolute atomic E-state index is 11.7. The monoisotopic (exact) mass is 272 g/mol. The number of hydrogen-bond acceptors (Lipinski definition) is 3. The lowest BCUT2D eigenvalue weighted by Gasteiger charge is -1.98. The Morgan fingerprint density at radius 3 is 2.65 bits per heavy atom. The van der Waals surface area contributed by atoms with Crippen molar-refractivity contribution in [3.05, 3.63) is 36.0 Å². The van der Waals surface area contributed by atoms with Gasteiger partial charge in [0.1, 0.15) is 0 Å². The third-order valence-corrected chi connectivity index (χ3v) is 3.02. The molecular weight excluding hydrogens is 264 g/mol. The van der Waals surface area contributed by atoms with Crippen LogP contribution in [0, 0.1) is 0 Å². The number of hydrogen-bond donors (Lipinski definition) is 1. The largest absolute Gasteiger partial charge is 0.350 e. The van der Waals surface area contributed by atoms with Crippen LogP contribution in [0.25, 0.3) is 10.9 Å². The zero-order valence-electron chi connectivity index (χ0n) is 8.84. The summed E-state index contributed by atoms with van der Waals surface area (Å²) < 4.78 is 25.0. The summed E-state index contributed by atoms with van der Waals surface area (Å²) in [6.45, 7) is 0. The molecule has 1 heterocycles. The third kappa shape index (κ3) is 2.42. The van der Waals surface area contributed by atoms with Gasteiger partial charge in [0.25, 0.3) is 5.91 Å². The van der Waals surface area contributed by atoms with Crippen molar-refractivity contribution >= 4 is 36.7 Å². The van der Waals surface area contributed by atoms with Crippen LogP contribution in [0.15, 0.2) is 30.5 Å². The molecule has 0 spiro atoms. The van der Waals surface area contributed by atoms with E-state index < -0.39 is 15.1 Å². The van der Waals surface area contributed by atoms with Crippen molar-refractivity contribution in [1.82, 2.24) is 9.29 Å². The lowest BCUT2D eigenvalue weighted by Crippen LogP contribution is -2.26. The first-order valence-electron chi connectivity index (χ1n) is 4.69. The van der Waals surface area contributed by atoms with E-state index in [2.05, 4.69) is 0 Å². The number of nitrogens with zero attached hydrogens (tertiary/aromatic N) is 1. The van der Waals surface area contributed by atoms with Crippen molar-refractivity contribution in [3.8, 4) is 0 Å². The van der Waals surface area contributed by atoms with Crippen LogP contribution in [-0.4, -0.2) is 18.9 Å². The predicted molar refractivity (Wildman–Crippen MR) is 65.2 cm³/mol. The van der Waals surface area contributed by atoms with Gasteiger partial charge in [-0.25, -0.2) is 4.72 Å². The quantitative estimate of drug-likeness (QED) is 0.840. The van der Waals surface area contributed by atoms with Gasteiger partial charge in [-0.1, -0.05) is 18.2 Å². The highest BCUT2D eigenvalue weighted by molar-refractivity contribution is 8.12. The molecule has 2 aromatic rings. The molecule has 2 rings (SSSR count). The topological polar surface area (TPSA) is 68.2 Å². The van der Waals surface area contributed by atoms with Crippen molar-refractivity contribution < 1.29 is 13.2 Å². The first kappa shape index (κ1) is 11.9. The van der Waals surface area contributed by atoms with E-state index >= 15 is 0 Å². The first-order chi connectivity index (χ1) is 7.88. The number of carbonyl (C=O) groups is 1. The van der Waals surface area contributed by atoms with Crippen molar-refractivity contribution in [2.24, 2.45) is 7.05 Å². The van der Waals surface area contributed by atoms with Crippen molar-refractivity contribution in [3.63, 3.8) is 0 Å². The molecule has 1 N–H and O–H groups in total. The molecule has 1 aromatic heterocycles. The van der Waals surface area contributed by atoms with Gasteiger partial charge >= 0.3 is 9.24 Å². The second kappa shape index (κ2) is 4.05. The first-order valence-corrected chi connectivity index (χ1v) is 7.00. The number of amides is 1. The lowest BCUT2D eigenvalue weighted by atomic mass is 10.2. The molecule has 0 fully saturated rings. The van der Waals surface area contributed by atoms with Crippen LogP contribution >= 0.6 is 10.7 Å². The van der Waals surface area contributed by atoms with Crippen LogP contribution in [0.4, 0.5) is 0 Å². The standard InChI is InChI=1S/C10H9ClN2O3S/c1-13-6-8(10(14)12-17(11,15)16)7-4-2-3-5-9(7)13/h2-6H,1H3,(H,12,14). The molecule has 0 saturated carbocycles. The molecule has 90 valence electrons. The average Bonchev–Trinajstić information content (AvgIpc) is 2.55. The number of para-hydroxylation sites is 1. The van der Waals surface area contributed by atoms with Crippen LogP contribution in [0.3, 0.4) is 0 Å². The second-order valence-corrected chi connectivity index (χ2v) is 5.84. The zero-order valence-corrected chi connectivity index (χ0v) is 10.4. The molecule has 0 atom stereocenters. The van der Waals surface area contributed by atoms with Gasteiger partial charge in [-0.05, 0) is 6.07 Å². The molecule has 0 aliphatic rings. The Morgan fingerprint density at radius 2 is 2.00 bits per heavy atom. The van der Waals surface area contributed by atoms with Crippen LogP contribution in [0.2, 0.25) is 0 Å². The predicted octanol–water partition coefficient (Wildman–Crippen LogP) is 1.39. The van der Waals surface area contributed by atoms with E-state index in [9.17, 15) is 13.2 Å². The van der Waals surface area contributed by atoms with Crippen molar-refractivity contribution in [2.45, 2.75) is 0 Å². The van der Waals surface area contributed by atoms with Gasteiger partial charge in [-0.2, -0.15) is 8.42 Å². The van der Waals surface area contributed by atoms with Gasteiger partial charge in [0.05, 0.1) is 5.56 Å². The molecule has 0 unspecified atom stereocenters. The second-order valence-electron chi connectivity index (χ2n) is 3.54. The fourth-order valence-electron chi connectivity index (χ4n) is 1.69. The molecule has 1 amide bonds. The molecular formula is C10H9ClN2O3S. The number of carbonyl (C=O) groups excluding carboxylic acids is 1. The lowest BCUT2D eigenvalue weighted by molar-refractivity contribution is 0.0983. The van der Waals surface area contributed by atoms with E-state index in [1.54, 1.807) is 34.7 Å². The SMILES string of the molecule is Cn1cc(C(=O)NS(=O)(=O)Cl)c2ccccc21. The number of nitrogens with one attached hydrogen (secondary N) is 1. The van der Waals surface area contributed by atoms with E-state index in [0.29, 0.717) is 5.39 Å². The molecule has 5 nitrogen and oxygen atoms in total. The average molecular weight is 273 g/mol. The van der Waals surface area contributed by atoms with Gasteiger partial charge in [0.15, 0.2) is 0 Å². The number of halogens is 1. The third-order valence-electron chi connectivity index (χ3n) is 2.36. The molecule has 0 radical (unpaired) electrons. The minimum absolute atomic E-state index is 0.271. The summed E-state index contributed by atoms with van der Waals surface area (Å²) in [6.07, 6.45) is 1.56. The molecule has 1 aromatic carbocycles. The Balaban J connectivity index is 2.53. The Labute approximate surface area is 103 Å². The number of fused-ring (bicyclic) bond motifs is 1. The van der Waals surface area contributed by atoms with Crippen LogP contribution in [0.1, 0.15) is 10.4 Å². The molecule has 17 heavy (non-hydrogen) atoms. The summed E-state index contributed by atoms with van der Waals surface area (Å²) >= 11 is 0. The maximum atomic E-state index is 11.7. The Hall–Kier alpha value is -1.53. The molecule has 7 heteroatoms. The van der Waals surface area contributed by atoms with Gasteiger partial charge < -0.3 is 4.57 Å². The van der Waals surface area contributed by atoms with Gasteiger partial charge in [-0.3, -0.25) is 4.79 Å². The molecule has 0 bridgehead atoms. The number of benzene rings is 1. The van der Waals surface area contributed by atoms with Crippen LogP contribution in [-0.2, 0) is 16.3 Å². The minimum atomic E-state index is -4.07. The zero-order chi connectivity index (χ0) is 12.6. The summed E-state index contributed by atoms with van der Waals surface area (Å²) in [6, 6.07) is 7.18. The fraction of sp³-hybridized carbons (Fsp3) is 0.100. The highest BCUT2D eigenvalue weighted by Crippen LogP contribution is 2.20. The smallest absolute Gasteiger partial charge is 0.321 e. The normalized spacial score (nSPS) is 11.6. The number of rotatable bonds is 2. The van der Waals surface area contributed by atoms with Gasteiger partial charge in [-0.15, -0.1) is 0 Å². The Bertz CT molecular complexity index is 691. The van der Waals surface area contributed by atoms with E-state index in [-0.39, 0.29) is 5.56 Å². The van der Waals surface area contributed by atoms with Crippen molar-refractivity contribution in [1.29, 1.82) is 0 Å². The number of aromatic nitrogens is 1. The number of aryl methyl sites for hydroxylation is 1. The van der Waals surface area contributed by atoms with E-state index in [1.165, 1.54) is 0 Å². The molecule has 0 aliphatic carbocycles. The van der Waals surface area contributed by atoms with Crippen LogP contribution in [0.5, 0.6) is 0 Å². The summed E-state index contributed by atoms with van der Waals surface area (Å²) in [5.41, 5.74) is 1.11. The summed E-state index contributed by atoms with van der Waals surface area (Å²) in [5, 5.41) is 0.674. The fourth-order valence-corrected chi connectivity index (χ4v) is 2.23. The molecule has 0 saturated heterocycles. The highest BCUT2D eigenvalue weighted by Gasteiger charge is 2.17. The highest BCUT2D eigenvalue weighted by atomic mass is 35.7. The summed E-state index contributed by atoms with van der Waals surface area (Å²) in [7, 11) is 2.67. The van der Waals surface area contributed by atoms with E-state index in [0.717, 1.165) is 5.52 Å². The maximum Gasteiger partial charge on any atom is 0.321 e. The van der Waals surface area contributed by atoms with E-state index in [4.69, 9.17) is 10.7 Å². The Morgan fingerprint density at radius 1 is 1.35 bits per heavy atom. The van der Waals surface area contributed by atoms with Gasteiger partial charge in [0.2, 0.25) is 0 Å². The van der Waals surface area contributed by atoms with Crippen molar-refractivity contribution in [2.75, 3.05) is 0 Å².